The summed E-state index contributed by atoms with van der Waals surface area (Å²) in [5.41, 5.74) is 0.516. The molecule has 0 amide bonds. The lowest BCUT2D eigenvalue weighted by atomic mass is 9.85. The molecule has 1 aliphatic heterocycles. The Bertz CT molecular complexity index is 431. The molecule has 0 unspecified atom stereocenters. The molecule has 2 rings (SSSR count). The monoisotopic (exact) mass is 278 g/mol. The first-order chi connectivity index (χ1) is 9.42. The van der Waals surface area contributed by atoms with Gasteiger partial charge >= 0.3 is 0 Å². The van der Waals surface area contributed by atoms with Gasteiger partial charge < -0.3 is 9.88 Å². The predicted octanol–water partition coefficient (Wildman–Crippen LogP) is 2.43. The predicted molar refractivity (Wildman–Crippen MR) is 83.9 cm³/mol. The van der Waals surface area contributed by atoms with Gasteiger partial charge in [0.1, 0.15) is 5.82 Å². The Morgan fingerprint density at radius 1 is 1.25 bits per heavy atom. The minimum atomic E-state index is 0.225. The first-order valence-corrected chi connectivity index (χ1v) is 7.90. The van der Waals surface area contributed by atoms with Crippen molar-refractivity contribution in [3.05, 3.63) is 18.2 Å². The Morgan fingerprint density at radius 3 is 2.50 bits per heavy atom. The number of aryl methyl sites for hydroxylation is 1. The normalized spacial score (nSPS) is 22.1. The fourth-order valence-corrected chi connectivity index (χ4v) is 3.12. The van der Waals surface area contributed by atoms with Crippen molar-refractivity contribution in [2.45, 2.75) is 65.1 Å². The van der Waals surface area contributed by atoms with Crippen molar-refractivity contribution >= 4 is 0 Å². The van der Waals surface area contributed by atoms with Gasteiger partial charge in [-0.2, -0.15) is 0 Å². The number of nitrogens with one attached hydrogen (secondary N) is 1. The molecule has 1 saturated heterocycles. The van der Waals surface area contributed by atoms with E-state index in [-0.39, 0.29) is 5.54 Å². The van der Waals surface area contributed by atoms with Crippen LogP contribution in [0, 0.1) is 6.92 Å². The molecule has 4 heteroatoms. The van der Waals surface area contributed by atoms with Crippen LogP contribution >= 0.6 is 0 Å². The molecular formula is C16H30N4. The van der Waals surface area contributed by atoms with E-state index in [0.717, 1.165) is 32.0 Å². The third kappa shape index (κ3) is 3.07. The maximum absolute atomic E-state index is 4.31. The van der Waals surface area contributed by atoms with E-state index in [9.17, 15) is 0 Å². The van der Waals surface area contributed by atoms with Crippen molar-refractivity contribution in [2.75, 3.05) is 19.6 Å². The van der Waals surface area contributed by atoms with Crippen molar-refractivity contribution in [3.8, 4) is 0 Å². The lowest BCUT2D eigenvalue weighted by Crippen LogP contribution is -2.68. The molecule has 1 aromatic rings. The molecule has 4 nitrogen and oxygen atoms in total. The molecule has 2 heterocycles. The second-order valence-corrected chi connectivity index (χ2v) is 6.74. The number of nitrogens with zero attached hydrogens (tertiary/aromatic N) is 3. The zero-order valence-electron chi connectivity index (χ0n) is 13.7. The summed E-state index contributed by atoms with van der Waals surface area (Å²) in [4.78, 5) is 6.96. The maximum Gasteiger partial charge on any atom is 0.105 e. The van der Waals surface area contributed by atoms with E-state index < -0.39 is 0 Å². The number of hydrogen-bond donors (Lipinski definition) is 1. The Kier molecular flexibility index (Phi) is 4.55. The number of imidazole rings is 1. The van der Waals surface area contributed by atoms with Crippen LogP contribution in [0.25, 0.3) is 0 Å². The maximum atomic E-state index is 4.31. The second kappa shape index (κ2) is 5.86. The molecule has 0 aromatic carbocycles. The molecule has 1 aliphatic rings. The Hall–Kier alpha value is -0.870. The van der Waals surface area contributed by atoms with Crippen LogP contribution in [0.5, 0.6) is 0 Å². The largest absolute Gasteiger partial charge is 0.334 e. The Morgan fingerprint density at radius 2 is 1.95 bits per heavy atom. The first-order valence-electron chi connectivity index (χ1n) is 7.90. The van der Waals surface area contributed by atoms with Crippen molar-refractivity contribution in [1.82, 2.24) is 19.8 Å². The quantitative estimate of drug-likeness (QED) is 0.898. The summed E-state index contributed by atoms with van der Waals surface area (Å²) in [6.45, 7) is 15.7. The summed E-state index contributed by atoms with van der Waals surface area (Å²) >= 11 is 0. The van der Waals surface area contributed by atoms with Gasteiger partial charge in [-0.25, -0.2) is 4.98 Å². The average Bonchev–Trinajstić information content (AvgIpc) is 2.83. The smallest absolute Gasteiger partial charge is 0.105 e. The van der Waals surface area contributed by atoms with Crippen LogP contribution in [0.3, 0.4) is 0 Å². The topological polar surface area (TPSA) is 33.1 Å². The highest BCUT2D eigenvalue weighted by molar-refractivity contribution is 5.01. The van der Waals surface area contributed by atoms with E-state index in [1.807, 2.05) is 6.20 Å². The van der Waals surface area contributed by atoms with Crippen molar-refractivity contribution in [2.24, 2.45) is 0 Å². The van der Waals surface area contributed by atoms with Crippen LogP contribution in [0.1, 0.15) is 46.4 Å². The standard InChI is InChI=1S/C16H30N4/c1-6-16(7-2)13-20(15(4,5)12-18-16)11-10-19-9-8-17-14(19)3/h8-9,18H,6-7,10-13H2,1-5H3. The van der Waals surface area contributed by atoms with Gasteiger partial charge in [0, 0.05) is 49.7 Å². The highest BCUT2D eigenvalue weighted by atomic mass is 15.3. The van der Waals surface area contributed by atoms with E-state index in [4.69, 9.17) is 0 Å². The summed E-state index contributed by atoms with van der Waals surface area (Å²) in [6.07, 6.45) is 6.36. The highest BCUT2D eigenvalue weighted by Crippen LogP contribution is 2.27. The molecule has 0 saturated carbocycles. The van der Waals surface area contributed by atoms with E-state index in [2.05, 4.69) is 60.6 Å². The summed E-state index contributed by atoms with van der Waals surface area (Å²) in [6, 6.07) is 0. The van der Waals surface area contributed by atoms with Gasteiger partial charge in [-0.3, -0.25) is 4.90 Å². The third-order valence-electron chi connectivity index (χ3n) is 5.13. The highest BCUT2D eigenvalue weighted by Gasteiger charge is 2.40. The van der Waals surface area contributed by atoms with Gasteiger partial charge in [-0.1, -0.05) is 13.8 Å². The van der Waals surface area contributed by atoms with E-state index in [1.54, 1.807) is 0 Å². The van der Waals surface area contributed by atoms with E-state index >= 15 is 0 Å². The summed E-state index contributed by atoms with van der Waals surface area (Å²) in [5, 5.41) is 3.80. The molecule has 0 spiro atoms. The Balaban J connectivity index is 2.04. The third-order valence-corrected chi connectivity index (χ3v) is 5.13. The van der Waals surface area contributed by atoms with Crippen LogP contribution in [-0.2, 0) is 6.54 Å². The van der Waals surface area contributed by atoms with Crippen LogP contribution in [-0.4, -0.2) is 45.2 Å². The molecule has 1 N–H and O–H groups in total. The molecular weight excluding hydrogens is 248 g/mol. The number of hydrogen-bond acceptors (Lipinski definition) is 3. The fourth-order valence-electron chi connectivity index (χ4n) is 3.12. The van der Waals surface area contributed by atoms with Crippen LogP contribution in [0.15, 0.2) is 12.4 Å². The molecule has 20 heavy (non-hydrogen) atoms. The molecule has 1 fully saturated rings. The van der Waals surface area contributed by atoms with Gasteiger partial charge in [0.25, 0.3) is 0 Å². The van der Waals surface area contributed by atoms with Crippen LogP contribution < -0.4 is 5.32 Å². The number of aromatic nitrogens is 2. The second-order valence-electron chi connectivity index (χ2n) is 6.74. The van der Waals surface area contributed by atoms with Gasteiger partial charge in [-0.15, -0.1) is 0 Å². The van der Waals surface area contributed by atoms with E-state index in [0.29, 0.717) is 5.54 Å². The first kappa shape index (κ1) is 15.5. The average molecular weight is 278 g/mol. The molecule has 0 atom stereocenters. The summed E-state index contributed by atoms with van der Waals surface area (Å²) < 4.78 is 2.25. The van der Waals surface area contributed by atoms with E-state index in [1.165, 1.54) is 12.8 Å². The van der Waals surface area contributed by atoms with Crippen molar-refractivity contribution < 1.29 is 0 Å². The minimum Gasteiger partial charge on any atom is -0.334 e. The van der Waals surface area contributed by atoms with Gasteiger partial charge in [0.15, 0.2) is 0 Å². The zero-order chi connectivity index (χ0) is 14.8. The lowest BCUT2D eigenvalue weighted by molar-refractivity contribution is 0.0201. The zero-order valence-corrected chi connectivity index (χ0v) is 13.7. The van der Waals surface area contributed by atoms with Gasteiger partial charge in [0.05, 0.1) is 0 Å². The number of piperazine rings is 1. The summed E-state index contributed by atoms with van der Waals surface area (Å²) in [5.74, 6) is 1.11. The van der Waals surface area contributed by atoms with Crippen molar-refractivity contribution in [3.63, 3.8) is 0 Å². The van der Waals surface area contributed by atoms with Crippen molar-refractivity contribution in [1.29, 1.82) is 0 Å². The van der Waals surface area contributed by atoms with Crippen LogP contribution in [0.4, 0.5) is 0 Å². The molecule has 0 bridgehead atoms. The molecule has 0 radical (unpaired) electrons. The van der Waals surface area contributed by atoms with Gasteiger partial charge in [0.2, 0.25) is 0 Å². The Labute approximate surface area is 123 Å². The molecule has 114 valence electrons. The van der Waals surface area contributed by atoms with Crippen LogP contribution in [0.2, 0.25) is 0 Å². The minimum absolute atomic E-state index is 0.225. The summed E-state index contributed by atoms with van der Waals surface area (Å²) in [7, 11) is 0. The molecule has 0 aliphatic carbocycles. The number of rotatable bonds is 5. The lowest BCUT2D eigenvalue weighted by Gasteiger charge is -2.52. The molecule has 1 aromatic heterocycles. The van der Waals surface area contributed by atoms with Gasteiger partial charge in [-0.05, 0) is 33.6 Å². The SMILES string of the molecule is CCC1(CC)CN(CCn2ccnc2C)C(C)(C)CN1. The fraction of sp³-hybridized carbons (Fsp3) is 0.812.